The van der Waals surface area contributed by atoms with E-state index >= 15 is 0 Å². The van der Waals surface area contributed by atoms with Gasteiger partial charge in [-0.2, -0.15) is 0 Å². The van der Waals surface area contributed by atoms with Crippen LogP contribution in [0.25, 0.3) is 10.9 Å². The number of amides is 1. The molecule has 2 aromatic heterocycles. The Labute approximate surface area is 199 Å². The molecule has 1 unspecified atom stereocenters. The first-order valence-corrected chi connectivity index (χ1v) is 11.9. The highest BCUT2D eigenvalue weighted by molar-refractivity contribution is 5.99. The van der Waals surface area contributed by atoms with Gasteiger partial charge in [-0.1, -0.05) is 31.7 Å². The van der Waals surface area contributed by atoms with E-state index in [0.717, 1.165) is 31.2 Å². The summed E-state index contributed by atoms with van der Waals surface area (Å²) in [7, 11) is 0. The molecule has 0 saturated heterocycles. The van der Waals surface area contributed by atoms with Crippen LogP contribution >= 0.6 is 0 Å². The van der Waals surface area contributed by atoms with Gasteiger partial charge in [0, 0.05) is 23.3 Å². The van der Waals surface area contributed by atoms with Crippen LogP contribution in [0.15, 0.2) is 48.8 Å². The maximum Gasteiger partial charge on any atom is 0.326 e. The van der Waals surface area contributed by atoms with Crippen molar-refractivity contribution < 1.29 is 18.7 Å². The highest BCUT2D eigenvalue weighted by Crippen LogP contribution is 2.38. The lowest BCUT2D eigenvalue weighted by molar-refractivity contribution is -0.155. The molecule has 1 aliphatic rings. The monoisotopic (exact) mass is 465 g/mol. The molecule has 4 rings (SSSR count). The Balaban J connectivity index is 1.71. The van der Waals surface area contributed by atoms with Crippen molar-refractivity contribution in [1.29, 1.82) is 0 Å². The highest BCUT2D eigenvalue weighted by atomic mass is 19.1. The van der Waals surface area contributed by atoms with Gasteiger partial charge in [-0.25, -0.2) is 9.37 Å². The predicted octanol–water partition coefficient (Wildman–Crippen LogP) is 5.82. The Morgan fingerprint density at radius 1 is 1.21 bits per heavy atom. The number of carbonyl (C=O) groups excluding carboxylic acids is 2. The third kappa shape index (κ3) is 5.82. The molecule has 0 bridgehead atoms. The summed E-state index contributed by atoms with van der Waals surface area (Å²) in [6.45, 7) is 5.44. The quantitative estimate of drug-likeness (QED) is 0.446. The van der Waals surface area contributed by atoms with Crippen molar-refractivity contribution in [3.8, 4) is 0 Å². The molecule has 0 radical (unpaired) electrons. The lowest BCUT2D eigenvalue weighted by Gasteiger charge is -2.20. The number of fused-ring (bicyclic) bond motifs is 1. The second-order valence-corrected chi connectivity index (χ2v) is 10.1. The topological polar surface area (TPSA) is 73.2 Å². The number of hydrogen-bond donors (Lipinski definition) is 1. The molecule has 1 aliphatic carbocycles. The lowest BCUT2D eigenvalue weighted by Crippen LogP contribution is -2.26. The van der Waals surface area contributed by atoms with Gasteiger partial charge < -0.3 is 14.6 Å². The maximum absolute atomic E-state index is 14.3. The number of aromatic nitrogens is 2. The molecule has 1 N–H and O–H groups in total. The van der Waals surface area contributed by atoms with Crippen LogP contribution in [0.4, 0.5) is 10.2 Å². The molecule has 2 heterocycles. The van der Waals surface area contributed by atoms with Crippen molar-refractivity contribution >= 4 is 28.6 Å². The van der Waals surface area contributed by atoms with Crippen molar-refractivity contribution in [1.82, 2.24) is 9.55 Å². The van der Waals surface area contributed by atoms with E-state index in [0.29, 0.717) is 29.1 Å². The van der Waals surface area contributed by atoms with Crippen molar-refractivity contribution in [2.45, 2.75) is 70.9 Å². The van der Waals surface area contributed by atoms with Gasteiger partial charge >= 0.3 is 5.97 Å². The number of carbonyl (C=O) groups is 2. The normalized spacial score (nSPS) is 15.4. The summed E-state index contributed by atoms with van der Waals surface area (Å²) in [5.74, 6) is -0.524. The van der Waals surface area contributed by atoms with Crippen LogP contribution in [0.3, 0.4) is 0 Å². The van der Waals surface area contributed by atoms with Crippen LogP contribution < -0.4 is 5.32 Å². The number of anilines is 1. The highest BCUT2D eigenvalue weighted by Gasteiger charge is 2.30. The van der Waals surface area contributed by atoms with Crippen LogP contribution in [0, 0.1) is 11.7 Å². The molecule has 1 fully saturated rings. The molecular formula is C27H32FN3O3. The molecule has 1 saturated carbocycles. The predicted molar refractivity (Wildman–Crippen MR) is 130 cm³/mol. The van der Waals surface area contributed by atoms with E-state index in [4.69, 9.17) is 4.74 Å². The summed E-state index contributed by atoms with van der Waals surface area (Å²) >= 11 is 0. The van der Waals surface area contributed by atoms with E-state index in [1.165, 1.54) is 12.1 Å². The first kappa shape index (κ1) is 23.9. The number of nitrogens with one attached hydrogen (secondary N) is 1. The Hall–Kier alpha value is -3.22. The van der Waals surface area contributed by atoms with Gasteiger partial charge in [-0.3, -0.25) is 9.59 Å². The molecule has 1 aromatic carbocycles. The molecule has 0 spiro atoms. The maximum atomic E-state index is 14.3. The smallest absolute Gasteiger partial charge is 0.326 e. The van der Waals surface area contributed by atoms with E-state index in [2.05, 4.69) is 10.3 Å². The molecule has 34 heavy (non-hydrogen) atoms. The first-order chi connectivity index (χ1) is 16.2. The molecule has 1 amide bonds. The zero-order chi connectivity index (χ0) is 24.3. The largest absolute Gasteiger partial charge is 0.459 e. The van der Waals surface area contributed by atoms with E-state index < -0.39 is 11.5 Å². The van der Waals surface area contributed by atoms with Crippen molar-refractivity contribution in [2.75, 3.05) is 5.32 Å². The average molecular weight is 466 g/mol. The third-order valence-electron chi connectivity index (χ3n) is 6.25. The van der Waals surface area contributed by atoms with Gasteiger partial charge in [-0.15, -0.1) is 0 Å². The fourth-order valence-electron chi connectivity index (χ4n) is 4.82. The number of esters is 1. The minimum atomic E-state index is -0.609. The molecule has 1 atom stereocenters. The summed E-state index contributed by atoms with van der Waals surface area (Å²) in [6.07, 6.45) is 8.59. The Kier molecular flexibility index (Phi) is 7.00. The zero-order valence-corrected chi connectivity index (χ0v) is 20.0. The van der Waals surface area contributed by atoms with Gasteiger partial charge in [-0.05, 0) is 69.0 Å². The van der Waals surface area contributed by atoms with Crippen molar-refractivity contribution in [2.24, 2.45) is 5.92 Å². The van der Waals surface area contributed by atoms with Crippen LogP contribution in [0.1, 0.15) is 64.4 Å². The fourth-order valence-corrected chi connectivity index (χ4v) is 4.82. The van der Waals surface area contributed by atoms with Crippen LogP contribution in [0.2, 0.25) is 0 Å². The summed E-state index contributed by atoms with van der Waals surface area (Å²) in [5.41, 5.74) is 0.811. The molecule has 3 aromatic rings. The van der Waals surface area contributed by atoms with Gasteiger partial charge in [0.05, 0.1) is 5.92 Å². The van der Waals surface area contributed by atoms with E-state index in [-0.39, 0.29) is 24.2 Å². The minimum Gasteiger partial charge on any atom is -0.459 e. The van der Waals surface area contributed by atoms with Gasteiger partial charge in [0.25, 0.3) is 0 Å². The first-order valence-electron chi connectivity index (χ1n) is 11.9. The molecule has 7 heteroatoms. The lowest BCUT2D eigenvalue weighted by atomic mass is 9.87. The van der Waals surface area contributed by atoms with Gasteiger partial charge in [0.1, 0.15) is 23.8 Å². The van der Waals surface area contributed by atoms with Crippen LogP contribution in [-0.2, 0) is 20.9 Å². The number of hydrogen-bond acceptors (Lipinski definition) is 4. The minimum absolute atomic E-state index is 0.0165. The van der Waals surface area contributed by atoms with Crippen LogP contribution in [0.5, 0.6) is 0 Å². The van der Waals surface area contributed by atoms with E-state index in [1.54, 1.807) is 29.0 Å². The fraction of sp³-hybridized carbons (Fsp3) is 0.444. The van der Waals surface area contributed by atoms with Crippen molar-refractivity contribution in [3.63, 3.8) is 0 Å². The van der Waals surface area contributed by atoms with Crippen LogP contribution in [-0.4, -0.2) is 27.0 Å². The van der Waals surface area contributed by atoms with Gasteiger partial charge in [0.15, 0.2) is 0 Å². The number of rotatable bonds is 7. The van der Waals surface area contributed by atoms with E-state index in [1.807, 2.05) is 33.0 Å². The SMILES string of the molecule is CC(C)(C)OC(=O)Cn1cc(C(CC2CCCC2)C(=O)Nc2ccccn2)c2cc(F)ccc21. The number of pyridine rings is 1. The molecule has 0 aliphatic heterocycles. The second-order valence-electron chi connectivity index (χ2n) is 10.1. The Morgan fingerprint density at radius 2 is 1.97 bits per heavy atom. The third-order valence-corrected chi connectivity index (χ3v) is 6.25. The molecule has 180 valence electrons. The zero-order valence-electron chi connectivity index (χ0n) is 20.0. The average Bonchev–Trinajstić information content (AvgIpc) is 3.39. The summed E-state index contributed by atoms with van der Waals surface area (Å²) in [4.78, 5) is 30.3. The second kappa shape index (κ2) is 9.95. The molecular weight excluding hydrogens is 433 g/mol. The summed E-state index contributed by atoms with van der Waals surface area (Å²) in [6, 6.07) is 9.83. The Bertz CT molecular complexity index is 1160. The number of benzene rings is 1. The van der Waals surface area contributed by atoms with E-state index in [9.17, 15) is 14.0 Å². The van der Waals surface area contributed by atoms with Crippen molar-refractivity contribution in [3.05, 3.63) is 60.2 Å². The Morgan fingerprint density at radius 3 is 2.65 bits per heavy atom. The molecule has 6 nitrogen and oxygen atoms in total. The standard InChI is InChI=1S/C27H32FN3O3/c1-27(2,3)34-25(32)17-31-16-22(20-15-19(28)11-12-23(20)31)21(14-18-8-4-5-9-18)26(33)30-24-10-6-7-13-29-24/h6-7,10-13,15-16,18,21H,4-5,8-9,14,17H2,1-3H3,(H,29,30,33). The summed E-state index contributed by atoms with van der Waals surface area (Å²) < 4.78 is 21.6. The number of ether oxygens (including phenoxy) is 1. The summed E-state index contributed by atoms with van der Waals surface area (Å²) in [5, 5.41) is 3.57. The number of nitrogens with zero attached hydrogens (tertiary/aromatic N) is 2. The number of halogens is 1. The van der Waals surface area contributed by atoms with Gasteiger partial charge in [0.2, 0.25) is 5.91 Å².